The predicted molar refractivity (Wildman–Crippen MR) is 75.3 cm³/mol. The van der Waals surface area contributed by atoms with Gasteiger partial charge in [-0.2, -0.15) is 0 Å². The van der Waals surface area contributed by atoms with E-state index in [4.69, 9.17) is 0 Å². The van der Waals surface area contributed by atoms with Crippen molar-refractivity contribution in [2.24, 2.45) is 35.5 Å². The molecular weight excluding hydrogens is 256 g/mol. The van der Waals surface area contributed by atoms with Gasteiger partial charge in [0.15, 0.2) is 0 Å². The first-order chi connectivity index (χ1) is 9.45. The van der Waals surface area contributed by atoms with Crippen LogP contribution in [0.25, 0.3) is 0 Å². The molecule has 0 aromatic carbocycles. The average molecular weight is 282 g/mol. The third kappa shape index (κ3) is 2.84. The largest absolute Gasteiger partial charge is 0.481 e. The Morgan fingerprint density at radius 1 is 1.05 bits per heavy atom. The van der Waals surface area contributed by atoms with Crippen LogP contribution in [0.15, 0.2) is 0 Å². The molecule has 2 fully saturated rings. The lowest BCUT2D eigenvalue weighted by Gasteiger charge is -2.49. The minimum Gasteiger partial charge on any atom is -0.481 e. The molecule has 0 heterocycles. The third-order valence-corrected chi connectivity index (χ3v) is 5.67. The molecule has 0 aromatic rings. The zero-order valence-corrected chi connectivity index (χ0v) is 12.4. The molecule has 4 nitrogen and oxygen atoms in total. The van der Waals surface area contributed by atoms with Crippen LogP contribution < -0.4 is 0 Å². The lowest BCUT2D eigenvalue weighted by Crippen LogP contribution is -2.46. The monoisotopic (exact) mass is 282 g/mol. The number of rotatable bonds is 4. The topological polar surface area (TPSA) is 74.6 Å². The highest BCUT2D eigenvalue weighted by atomic mass is 16.4. The van der Waals surface area contributed by atoms with Crippen LogP contribution in [0.1, 0.15) is 52.4 Å². The Bertz CT molecular complexity index is 379. The van der Waals surface area contributed by atoms with Crippen molar-refractivity contribution in [3.05, 3.63) is 0 Å². The molecule has 114 valence electrons. The van der Waals surface area contributed by atoms with E-state index in [0.29, 0.717) is 24.7 Å². The normalized spacial score (nSPS) is 40.9. The first kappa shape index (κ1) is 15.3. The zero-order valence-electron chi connectivity index (χ0n) is 12.4. The van der Waals surface area contributed by atoms with Gasteiger partial charge < -0.3 is 10.2 Å². The highest BCUT2D eigenvalue weighted by Gasteiger charge is 2.48. The number of fused-ring (bicyclic) bond motifs is 1. The Balaban J connectivity index is 2.22. The fourth-order valence-corrected chi connectivity index (χ4v) is 4.73. The molecule has 2 aliphatic carbocycles. The van der Waals surface area contributed by atoms with E-state index >= 15 is 0 Å². The van der Waals surface area contributed by atoms with E-state index in [2.05, 4.69) is 13.8 Å². The van der Waals surface area contributed by atoms with Crippen LogP contribution in [-0.2, 0) is 9.59 Å². The van der Waals surface area contributed by atoms with Gasteiger partial charge in [-0.3, -0.25) is 9.59 Å². The second-order valence-electron chi connectivity index (χ2n) is 6.79. The molecule has 0 radical (unpaired) electrons. The molecule has 20 heavy (non-hydrogen) atoms. The number of carbonyl (C=O) groups is 2. The second-order valence-corrected chi connectivity index (χ2v) is 6.79. The lowest BCUT2D eigenvalue weighted by molar-refractivity contribution is -0.153. The van der Waals surface area contributed by atoms with Crippen LogP contribution >= 0.6 is 0 Å². The van der Waals surface area contributed by atoms with Crippen molar-refractivity contribution < 1.29 is 19.8 Å². The van der Waals surface area contributed by atoms with Gasteiger partial charge in [-0.1, -0.05) is 26.7 Å². The molecule has 0 bridgehead atoms. The van der Waals surface area contributed by atoms with Crippen molar-refractivity contribution in [1.82, 2.24) is 0 Å². The SMILES string of the molecule is CCCC1C(C)CC(C(=O)O)C2CCC(C(=O)O)CC12. The number of carboxylic acid groups (broad SMARTS) is 2. The van der Waals surface area contributed by atoms with Gasteiger partial charge >= 0.3 is 11.9 Å². The van der Waals surface area contributed by atoms with Crippen molar-refractivity contribution >= 4 is 11.9 Å². The standard InChI is InChI=1S/C16H26O4/c1-3-4-11-9(2)7-14(16(19)20)12-6-5-10(15(17)18)8-13(11)12/h9-14H,3-8H2,1-2H3,(H,17,18)(H,19,20). The first-order valence-corrected chi connectivity index (χ1v) is 7.91. The Hall–Kier alpha value is -1.06. The zero-order chi connectivity index (χ0) is 14.9. The summed E-state index contributed by atoms with van der Waals surface area (Å²) < 4.78 is 0. The van der Waals surface area contributed by atoms with Crippen LogP contribution in [0.3, 0.4) is 0 Å². The summed E-state index contributed by atoms with van der Waals surface area (Å²) in [4.78, 5) is 22.8. The van der Waals surface area contributed by atoms with Gasteiger partial charge in [-0.05, 0) is 49.4 Å². The third-order valence-electron chi connectivity index (χ3n) is 5.67. The smallest absolute Gasteiger partial charge is 0.306 e. The van der Waals surface area contributed by atoms with Gasteiger partial charge in [0.05, 0.1) is 11.8 Å². The Morgan fingerprint density at radius 2 is 1.75 bits per heavy atom. The fourth-order valence-electron chi connectivity index (χ4n) is 4.73. The quantitative estimate of drug-likeness (QED) is 0.830. The molecule has 0 aromatic heterocycles. The molecular formula is C16H26O4. The highest BCUT2D eigenvalue weighted by molar-refractivity contribution is 5.72. The van der Waals surface area contributed by atoms with Crippen molar-refractivity contribution in [2.45, 2.75) is 52.4 Å². The van der Waals surface area contributed by atoms with Crippen LogP contribution in [-0.4, -0.2) is 22.2 Å². The van der Waals surface area contributed by atoms with E-state index in [-0.39, 0.29) is 23.7 Å². The minimum atomic E-state index is -0.705. The van der Waals surface area contributed by atoms with E-state index in [1.54, 1.807) is 0 Å². The van der Waals surface area contributed by atoms with Crippen molar-refractivity contribution in [3.8, 4) is 0 Å². The van der Waals surface area contributed by atoms with Gasteiger partial charge in [0.2, 0.25) is 0 Å². The van der Waals surface area contributed by atoms with E-state index in [1.807, 2.05) is 0 Å². The summed E-state index contributed by atoms with van der Waals surface area (Å²) in [6.45, 7) is 4.30. The maximum atomic E-state index is 11.5. The van der Waals surface area contributed by atoms with Gasteiger partial charge in [0, 0.05) is 0 Å². The van der Waals surface area contributed by atoms with Gasteiger partial charge in [0.1, 0.15) is 0 Å². The van der Waals surface area contributed by atoms with Crippen LogP contribution in [0.4, 0.5) is 0 Å². The van der Waals surface area contributed by atoms with E-state index in [0.717, 1.165) is 25.7 Å². The molecule has 2 saturated carbocycles. The maximum absolute atomic E-state index is 11.5. The summed E-state index contributed by atoms with van der Waals surface area (Å²) in [7, 11) is 0. The van der Waals surface area contributed by atoms with Gasteiger partial charge in [-0.25, -0.2) is 0 Å². The molecule has 0 spiro atoms. The molecule has 0 saturated heterocycles. The summed E-state index contributed by atoms with van der Waals surface area (Å²) in [5.41, 5.74) is 0. The first-order valence-electron chi connectivity index (χ1n) is 7.91. The Labute approximate surface area is 120 Å². The van der Waals surface area contributed by atoms with Gasteiger partial charge in [0.25, 0.3) is 0 Å². The van der Waals surface area contributed by atoms with Crippen LogP contribution in [0.5, 0.6) is 0 Å². The molecule has 4 heteroatoms. The molecule has 6 unspecified atom stereocenters. The van der Waals surface area contributed by atoms with Crippen LogP contribution in [0.2, 0.25) is 0 Å². The van der Waals surface area contributed by atoms with Crippen molar-refractivity contribution in [2.75, 3.05) is 0 Å². The molecule has 2 aliphatic rings. The van der Waals surface area contributed by atoms with Gasteiger partial charge in [-0.15, -0.1) is 0 Å². The molecule has 0 aliphatic heterocycles. The van der Waals surface area contributed by atoms with E-state index in [1.165, 1.54) is 0 Å². The highest BCUT2D eigenvalue weighted by Crippen LogP contribution is 2.51. The van der Waals surface area contributed by atoms with Crippen molar-refractivity contribution in [3.63, 3.8) is 0 Å². The average Bonchev–Trinajstić information content (AvgIpc) is 2.40. The minimum absolute atomic E-state index is 0.191. The fraction of sp³-hybridized carbons (Fsp3) is 0.875. The van der Waals surface area contributed by atoms with Crippen LogP contribution in [0, 0.1) is 35.5 Å². The summed E-state index contributed by atoms with van der Waals surface area (Å²) in [5, 5.41) is 18.7. The number of carboxylic acids is 2. The molecule has 6 atom stereocenters. The van der Waals surface area contributed by atoms with E-state index in [9.17, 15) is 19.8 Å². The van der Waals surface area contributed by atoms with E-state index < -0.39 is 11.9 Å². The number of aliphatic carboxylic acids is 2. The number of hydrogen-bond donors (Lipinski definition) is 2. The Morgan fingerprint density at radius 3 is 2.30 bits per heavy atom. The second kappa shape index (κ2) is 6.15. The van der Waals surface area contributed by atoms with Crippen molar-refractivity contribution in [1.29, 1.82) is 0 Å². The summed E-state index contributed by atoms with van der Waals surface area (Å²) >= 11 is 0. The summed E-state index contributed by atoms with van der Waals surface area (Å²) in [6.07, 6.45) is 5.05. The number of hydrogen-bond acceptors (Lipinski definition) is 2. The molecule has 2 rings (SSSR count). The molecule has 0 amide bonds. The molecule has 2 N–H and O–H groups in total. The lowest BCUT2D eigenvalue weighted by atomic mass is 9.55. The predicted octanol–water partition coefficient (Wildman–Crippen LogP) is 3.26. The Kier molecular flexibility index (Phi) is 4.71. The summed E-state index contributed by atoms with van der Waals surface area (Å²) in [6, 6.07) is 0. The maximum Gasteiger partial charge on any atom is 0.306 e. The summed E-state index contributed by atoms with van der Waals surface area (Å²) in [5.74, 6) is -0.550.